The van der Waals surface area contributed by atoms with Gasteiger partial charge in [-0.05, 0) is 74.5 Å². The molecule has 1 saturated heterocycles. The van der Waals surface area contributed by atoms with Crippen LogP contribution in [-0.2, 0) is 10.0 Å². The van der Waals surface area contributed by atoms with Gasteiger partial charge in [-0.2, -0.15) is 9.29 Å². The quantitative estimate of drug-likeness (QED) is 0.339. The maximum Gasteiger partial charge on any atom is 0.243 e. The lowest BCUT2D eigenvalue weighted by Gasteiger charge is -2.33. The molecule has 2 aromatic carbocycles. The predicted molar refractivity (Wildman–Crippen MR) is 135 cm³/mol. The Labute approximate surface area is 209 Å². The zero-order valence-electron chi connectivity index (χ0n) is 18.9. The molecular weight excluding hydrogens is 493 g/mol. The van der Waals surface area contributed by atoms with E-state index >= 15 is 0 Å². The van der Waals surface area contributed by atoms with Gasteiger partial charge in [-0.3, -0.25) is 0 Å². The van der Waals surface area contributed by atoms with Crippen molar-refractivity contribution in [3.05, 3.63) is 65.6 Å². The van der Waals surface area contributed by atoms with Gasteiger partial charge in [0.1, 0.15) is 11.6 Å². The van der Waals surface area contributed by atoms with Crippen LogP contribution in [0.2, 0.25) is 5.02 Å². The van der Waals surface area contributed by atoms with Crippen LogP contribution in [0.5, 0.6) is 0 Å². The van der Waals surface area contributed by atoms with Crippen molar-refractivity contribution in [2.45, 2.75) is 23.8 Å². The van der Waals surface area contributed by atoms with Gasteiger partial charge >= 0.3 is 0 Å². The third-order valence-electron chi connectivity index (χ3n) is 5.63. The van der Waals surface area contributed by atoms with Crippen molar-refractivity contribution >= 4 is 44.8 Å². The van der Waals surface area contributed by atoms with Gasteiger partial charge in [0.05, 0.1) is 9.92 Å². The topological polar surface area (TPSA) is 125 Å². The van der Waals surface area contributed by atoms with E-state index in [2.05, 4.69) is 25.9 Å². The fourth-order valence-corrected chi connectivity index (χ4v) is 5.79. The second-order valence-corrected chi connectivity index (χ2v) is 10.4. The highest BCUT2D eigenvalue weighted by Gasteiger charge is 2.31. The molecule has 0 spiro atoms. The second kappa shape index (κ2) is 11.3. The van der Waals surface area contributed by atoms with Crippen LogP contribution in [0.25, 0.3) is 0 Å². The zero-order valence-corrected chi connectivity index (χ0v) is 20.5. The first-order chi connectivity index (χ1) is 16.9. The van der Waals surface area contributed by atoms with Gasteiger partial charge in [0.25, 0.3) is 0 Å². The molecule has 186 valence electrons. The van der Waals surface area contributed by atoms with Crippen molar-refractivity contribution in [2.75, 3.05) is 36.8 Å². The monoisotopic (exact) mass is 519 g/mol. The minimum absolute atomic E-state index is 0.00243. The number of hydrogen-bond donors (Lipinski definition) is 4. The van der Waals surface area contributed by atoms with E-state index in [4.69, 9.17) is 17.3 Å². The maximum absolute atomic E-state index is 13.4. The largest absolute Gasteiger partial charge is 0.340 e. The molecule has 1 aliphatic rings. The van der Waals surface area contributed by atoms with E-state index in [1.165, 1.54) is 16.4 Å². The van der Waals surface area contributed by atoms with E-state index in [1.807, 2.05) is 0 Å². The standard InChI is InChI=1S/C23H27ClFN7O2S/c24-20-15-17(3-6-21(20)25)29-22-9-13-28-23(31-22)30-16-1-4-19(5-2-16)35(33,34)32(14-10-26)18-7-11-27-12-8-18/h1-6,9,13,15,18,27H,7-8,10-12,14,26H2,(H2,28,29,30,31). The number of sulfonamides is 1. The number of anilines is 4. The van der Waals surface area contributed by atoms with Crippen LogP contribution in [0.15, 0.2) is 59.6 Å². The summed E-state index contributed by atoms with van der Waals surface area (Å²) in [6.07, 6.45) is 3.07. The van der Waals surface area contributed by atoms with E-state index in [9.17, 15) is 12.8 Å². The molecule has 1 aromatic heterocycles. The molecule has 1 aliphatic heterocycles. The van der Waals surface area contributed by atoms with Gasteiger partial charge in [-0.15, -0.1) is 0 Å². The Morgan fingerprint density at radius 2 is 1.80 bits per heavy atom. The molecule has 0 amide bonds. The highest BCUT2D eigenvalue weighted by Crippen LogP contribution is 2.25. The Bertz CT molecular complexity index is 1250. The number of halogens is 2. The molecule has 9 nitrogen and oxygen atoms in total. The molecule has 3 aromatic rings. The van der Waals surface area contributed by atoms with Crippen LogP contribution >= 0.6 is 11.6 Å². The number of nitrogens with zero attached hydrogens (tertiary/aromatic N) is 3. The van der Waals surface area contributed by atoms with Crippen LogP contribution < -0.4 is 21.7 Å². The maximum atomic E-state index is 13.4. The van der Waals surface area contributed by atoms with Crippen molar-refractivity contribution in [1.82, 2.24) is 19.6 Å². The number of aromatic nitrogens is 2. The lowest BCUT2D eigenvalue weighted by molar-refractivity contribution is 0.266. The summed E-state index contributed by atoms with van der Waals surface area (Å²) < 4.78 is 41.5. The van der Waals surface area contributed by atoms with Gasteiger partial charge < -0.3 is 21.7 Å². The molecule has 0 bridgehead atoms. The summed E-state index contributed by atoms with van der Waals surface area (Å²) in [5, 5.41) is 9.36. The number of piperidine rings is 1. The van der Waals surface area contributed by atoms with Crippen LogP contribution in [0, 0.1) is 5.82 Å². The molecule has 1 fully saturated rings. The van der Waals surface area contributed by atoms with Crippen LogP contribution in [-0.4, -0.2) is 54.9 Å². The molecular formula is C23H27ClFN7O2S. The van der Waals surface area contributed by atoms with Crippen molar-refractivity contribution < 1.29 is 12.8 Å². The smallest absolute Gasteiger partial charge is 0.243 e. The van der Waals surface area contributed by atoms with Crippen LogP contribution in [0.1, 0.15) is 12.8 Å². The third-order valence-corrected chi connectivity index (χ3v) is 7.89. The molecule has 0 saturated carbocycles. The summed E-state index contributed by atoms with van der Waals surface area (Å²) in [6, 6.07) is 12.3. The number of nitrogens with two attached hydrogens (primary N) is 1. The number of nitrogens with one attached hydrogen (secondary N) is 3. The van der Waals surface area contributed by atoms with Gasteiger partial charge in [-0.1, -0.05) is 11.6 Å². The van der Waals surface area contributed by atoms with Crippen molar-refractivity contribution in [3.63, 3.8) is 0 Å². The number of hydrogen-bond acceptors (Lipinski definition) is 8. The van der Waals surface area contributed by atoms with Crippen LogP contribution in [0.4, 0.5) is 27.5 Å². The highest BCUT2D eigenvalue weighted by atomic mass is 35.5. The minimum atomic E-state index is -3.68. The average Bonchev–Trinajstić information content (AvgIpc) is 2.86. The van der Waals surface area contributed by atoms with Gasteiger partial charge in [0, 0.05) is 36.7 Å². The lowest BCUT2D eigenvalue weighted by atomic mass is 10.1. The summed E-state index contributed by atoms with van der Waals surface area (Å²) >= 11 is 5.83. The Kier molecular flexibility index (Phi) is 8.14. The van der Waals surface area contributed by atoms with Crippen molar-refractivity contribution in [2.24, 2.45) is 5.73 Å². The van der Waals surface area contributed by atoms with Crippen molar-refractivity contribution in [3.8, 4) is 0 Å². The zero-order chi connectivity index (χ0) is 24.8. The average molecular weight is 520 g/mol. The molecule has 2 heterocycles. The molecule has 0 unspecified atom stereocenters. The van der Waals surface area contributed by atoms with Crippen LogP contribution in [0.3, 0.4) is 0 Å². The van der Waals surface area contributed by atoms with Crippen molar-refractivity contribution in [1.29, 1.82) is 0 Å². The summed E-state index contributed by atoms with van der Waals surface area (Å²) in [7, 11) is -3.68. The predicted octanol–water partition coefficient (Wildman–Crippen LogP) is 3.46. The van der Waals surface area contributed by atoms with Gasteiger partial charge in [0.2, 0.25) is 16.0 Å². The summed E-state index contributed by atoms with van der Waals surface area (Å²) in [6.45, 7) is 2.10. The Morgan fingerprint density at radius 3 is 2.49 bits per heavy atom. The first-order valence-electron chi connectivity index (χ1n) is 11.2. The summed E-state index contributed by atoms with van der Waals surface area (Å²) in [4.78, 5) is 8.79. The first kappa shape index (κ1) is 25.3. The normalized spacial score (nSPS) is 14.7. The van der Waals surface area contributed by atoms with Gasteiger partial charge in [0.15, 0.2) is 0 Å². The fourth-order valence-electron chi connectivity index (χ4n) is 3.91. The molecule has 0 atom stereocenters. The minimum Gasteiger partial charge on any atom is -0.340 e. The molecule has 5 N–H and O–H groups in total. The molecule has 35 heavy (non-hydrogen) atoms. The summed E-state index contributed by atoms with van der Waals surface area (Å²) in [5.74, 6) is 0.275. The van der Waals surface area contributed by atoms with E-state index in [-0.39, 0.29) is 29.0 Å². The SMILES string of the molecule is NCCN(C1CCNCC1)S(=O)(=O)c1ccc(Nc2nccc(Nc3ccc(F)c(Cl)c3)n2)cc1. The highest BCUT2D eigenvalue weighted by molar-refractivity contribution is 7.89. The third kappa shape index (κ3) is 6.24. The molecule has 4 rings (SSSR count). The molecule has 0 radical (unpaired) electrons. The Hall–Kier alpha value is -2.83. The number of rotatable bonds is 9. The van der Waals surface area contributed by atoms with E-state index in [0.717, 1.165) is 25.9 Å². The fraction of sp³-hybridized carbons (Fsp3) is 0.304. The Morgan fingerprint density at radius 1 is 1.09 bits per heavy atom. The first-order valence-corrected chi connectivity index (χ1v) is 13.0. The van der Waals surface area contributed by atoms with E-state index in [1.54, 1.807) is 42.6 Å². The lowest BCUT2D eigenvalue weighted by Crippen LogP contribution is -2.47. The second-order valence-electron chi connectivity index (χ2n) is 8.05. The van der Waals surface area contributed by atoms with Gasteiger partial charge in [-0.25, -0.2) is 17.8 Å². The van der Waals surface area contributed by atoms with E-state index < -0.39 is 15.8 Å². The molecule has 12 heteroatoms. The number of benzene rings is 2. The molecule has 0 aliphatic carbocycles. The summed E-state index contributed by atoms with van der Waals surface area (Å²) in [5.41, 5.74) is 6.92. The van der Waals surface area contributed by atoms with E-state index in [0.29, 0.717) is 23.1 Å². The Balaban J connectivity index is 1.47.